The molecule has 3 aromatic heterocycles. The molecule has 2 saturated heterocycles. The number of fused-ring (bicyclic) bond motifs is 1. The highest BCUT2D eigenvalue weighted by Crippen LogP contribution is 2.34. The van der Waals surface area contributed by atoms with Crippen molar-refractivity contribution >= 4 is 27.2 Å². The Morgan fingerprint density at radius 3 is 2.38 bits per heavy atom. The first kappa shape index (κ1) is 26.7. The van der Waals surface area contributed by atoms with Crippen LogP contribution in [0.1, 0.15) is 17.9 Å². The number of aromatic nitrogens is 4. The van der Waals surface area contributed by atoms with Gasteiger partial charge in [0, 0.05) is 56.7 Å². The number of rotatable bonds is 6. The van der Waals surface area contributed by atoms with Crippen molar-refractivity contribution in [2.75, 3.05) is 45.0 Å². The lowest BCUT2D eigenvalue weighted by molar-refractivity contribution is 0.326. The predicted molar refractivity (Wildman–Crippen MR) is 164 cm³/mol. The highest BCUT2D eigenvalue weighted by Gasteiger charge is 2.36. The predicted octanol–water partition coefficient (Wildman–Crippen LogP) is 3.67. The second-order valence-corrected chi connectivity index (χ2v) is 12.6. The summed E-state index contributed by atoms with van der Waals surface area (Å²) in [7, 11) is -3.45. The second kappa shape index (κ2) is 10.9. The first-order valence-electron chi connectivity index (χ1n) is 14.2. The Kier molecular flexibility index (Phi) is 6.95. The zero-order valence-electron chi connectivity index (χ0n) is 23.1. The molecule has 2 fully saturated rings. The van der Waals surface area contributed by atoms with E-state index in [0.717, 1.165) is 45.7 Å². The Labute approximate surface area is 245 Å². The summed E-state index contributed by atoms with van der Waals surface area (Å²) in [5, 5.41) is 3.22. The van der Waals surface area contributed by atoms with Crippen molar-refractivity contribution in [1.29, 1.82) is 0 Å². The molecule has 0 saturated carbocycles. The summed E-state index contributed by atoms with van der Waals surface area (Å²) in [6.07, 6.45) is 2.46. The molecule has 5 aromatic rings. The number of nitrogens with two attached hydrogens (primary N) is 1. The normalized spacial score (nSPS) is 18.5. The van der Waals surface area contributed by atoms with Gasteiger partial charge in [0.1, 0.15) is 11.3 Å². The van der Waals surface area contributed by atoms with E-state index in [2.05, 4.69) is 34.6 Å². The Morgan fingerprint density at radius 2 is 1.62 bits per heavy atom. The van der Waals surface area contributed by atoms with Crippen LogP contribution in [0, 0.1) is 0 Å². The first-order chi connectivity index (χ1) is 20.5. The SMILES string of the molecule is Nc1ncccc1-c1nc2ccc(-c3ccccc3)nc2n1-c1ccc(C2CCN(S(=O)(=O)N3CCNCC3)C2)cc1. The van der Waals surface area contributed by atoms with Crippen LogP contribution in [0.5, 0.6) is 0 Å². The number of imidazole rings is 1. The number of nitrogen functional groups attached to an aromatic ring is 1. The minimum atomic E-state index is -3.45. The van der Waals surface area contributed by atoms with Crippen molar-refractivity contribution in [2.24, 2.45) is 0 Å². The maximum Gasteiger partial charge on any atom is 0.282 e. The zero-order valence-corrected chi connectivity index (χ0v) is 23.9. The summed E-state index contributed by atoms with van der Waals surface area (Å²) in [6.45, 7) is 3.42. The van der Waals surface area contributed by atoms with E-state index in [1.807, 2.05) is 59.2 Å². The van der Waals surface area contributed by atoms with Gasteiger partial charge in [0.05, 0.1) is 11.3 Å². The molecular formula is C31H32N8O2S. The quantitative estimate of drug-likeness (QED) is 0.314. The van der Waals surface area contributed by atoms with Gasteiger partial charge in [-0.3, -0.25) is 4.57 Å². The molecule has 214 valence electrons. The molecule has 2 aliphatic heterocycles. The monoisotopic (exact) mass is 580 g/mol. The topological polar surface area (TPSA) is 122 Å². The molecule has 3 N–H and O–H groups in total. The standard InChI is InChI=1S/C31H32N8O2S/c32-29-26(7-4-15-34-29)30-36-28-13-12-27(23-5-2-1-3-6-23)35-31(28)39(30)25-10-8-22(9-11-25)24-14-18-38(21-24)42(40,41)37-19-16-33-17-20-37/h1-13,15,24,33H,14,16-21H2,(H2,32,34). The summed E-state index contributed by atoms with van der Waals surface area (Å²) in [6, 6.07) is 26.1. The minimum Gasteiger partial charge on any atom is -0.383 e. The Bertz CT molecular complexity index is 1830. The van der Waals surface area contributed by atoms with E-state index in [-0.39, 0.29) is 5.92 Å². The molecule has 2 aromatic carbocycles. The van der Waals surface area contributed by atoms with E-state index in [0.29, 0.717) is 50.9 Å². The maximum atomic E-state index is 13.2. The maximum absolute atomic E-state index is 13.2. The van der Waals surface area contributed by atoms with Crippen LogP contribution in [0.25, 0.3) is 39.5 Å². The van der Waals surface area contributed by atoms with Crippen molar-refractivity contribution < 1.29 is 8.42 Å². The van der Waals surface area contributed by atoms with Crippen molar-refractivity contribution in [1.82, 2.24) is 33.4 Å². The van der Waals surface area contributed by atoms with Crippen molar-refractivity contribution in [3.05, 3.63) is 90.6 Å². The largest absolute Gasteiger partial charge is 0.383 e. The summed E-state index contributed by atoms with van der Waals surface area (Å²) in [5.74, 6) is 1.19. The molecule has 0 amide bonds. The van der Waals surface area contributed by atoms with E-state index in [1.54, 1.807) is 14.8 Å². The van der Waals surface area contributed by atoms with Gasteiger partial charge in [0.2, 0.25) is 0 Å². The average Bonchev–Trinajstić information content (AvgIpc) is 3.68. The van der Waals surface area contributed by atoms with E-state index in [4.69, 9.17) is 15.7 Å². The summed E-state index contributed by atoms with van der Waals surface area (Å²) >= 11 is 0. The van der Waals surface area contributed by atoms with Crippen LogP contribution in [-0.2, 0) is 10.2 Å². The molecule has 0 spiro atoms. The van der Waals surface area contributed by atoms with Gasteiger partial charge in [-0.2, -0.15) is 17.0 Å². The van der Waals surface area contributed by atoms with E-state index < -0.39 is 10.2 Å². The first-order valence-corrected chi connectivity index (χ1v) is 15.6. The van der Waals surface area contributed by atoms with E-state index >= 15 is 0 Å². The number of pyridine rings is 2. The van der Waals surface area contributed by atoms with Gasteiger partial charge in [-0.05, 0) is 54.3 Å². The van der Waals surface area contributed by atoms with Gasteiger partial charge in [0.15, 0.2) is 11.5 Å². The van der Waals surface area contributed by atoms with Crippen LogP contribution in [-0.4, -0.2) is 75.8 Å². The fourth-order valence-corrected chi connectivity index (χ4v) is 7.58. The second-order valence-electron chi connectivity index (χ2n) is 10.7. The summed E-state index contributed by atoms with van der Waals surface area (Å²) < 4.78 is 31.7. The molecule has 0 aliphatic carbocycles. The summed E-state index contributed by atoms with van der Waals surface area (Å²) in [5.41, 5.74) is 12.4. The van der Waals surface area contributed by atoms with Crippen molar-refractivity contribution in [2.45, 2.75) is 12.3 Å². The minimum absolute atomic E-state index is 0.132. The Morgan fingerprint density at radius 1 is 0.833 bits per heavy atom. The number of anilines is 1. The van der Waals surface area contributed by atoms with Gasteiger partial charge >= 0.3 is 0 Å². The molecule has 7 rings (SSSR count). The smallest absolute Gasteiger partial charge is 0.282 e. The van der Waals surface area contributed by atoms with Crippen LogP contribution >= 0.6 is 0 Å². The van der Waals surface area contributed by atoms with Crippen LogP contribution in [0.4, 0.5) is 5.82 Å². The van der Waals surface area contributed by atoms with Crippen LogP contribution < -0.4 is 11.1 Å². The molecule has 1 unspecified atom stereocenters. The third kappa shape index (κ3) is 4.84. The van der Waals surface area contributed by atoms with Gasteiger partial charge in [0.25, 0.3) is 10.2 Å². The molecular weight excluding hydrogens is 548 g/mol. The molecule has 11 heteroatoms. The zero-order chi connectivity index (χ0) is 28.7. The fraction of sp³-hybridized carbons (Fsp3) is 0.258. The molecule has 1 atom stereocenters. The lowest BCUT2D eigenvalue weighted by Crippen LogP contribution is -2.51. The average molecular weight is 581 g/mol. The number of nitrogens with one attached hydrogen (secondary N) is 1. The number of nitrogens with zero attached hydrogens (tertiary/aromatic N) is 6. The third-order valence-electron chi connectivity index (χ3n) is 8.16. The van der Waals surface area contributed by atoms with E-state index in [1.165, 1.54) is 0 Å². The highest BCUT2D eigenvalue weighted by molar-refractivity contribution is 7.86. The fourth-order valence-electron chi connectivity index (χ4n) is 5.90. The summed E-state index contributed by atoms with van der Waals surface area (Å²) in [4.78, 5) is 14.3. The number of benzene rings is 2. The molecule has 0 bridgehead atoms. The number of piperazine rings is 1. The molecule has 2 aliphatic rings. The van der Waals surface area contributed by atoms with Gasteiger partial charge in [-0.25, -0.2) is 15.0 Å². The lowest BCUT2D eigenvalue weighted by Gasteiger charge is -2.30. The van der Waals surface area contributed by atoms with Crippen LogP contribution in [0.3, 0.4) is 0 Å². The third-order valence-corrected chi connectivity index (χ3v) is 10.2. The Hall–Kier alpha value is -4.16. The Balaban J connectivity index is 1.24. The molecule has 42 heavy (non-hydrogen) atoms. The van der Waals surface area contributed by atoms with Crippen molar-refractivity contribution in [3.8, 4) is 28.3 Å². The van der Waals surface area contributed by atoms with Gasteiger partial charge in [-0.15, -0.1) is 0 Å². The molecule has 5 heterocycles. The molecule has 0 radical (unpaired) electrons. The van der Waals surface area contributed by atoms with Gasteiger partial charge < -0.3 is 11.1 Å². The van der Waals surface area contributed by atoms with E-state index in [9.17, 15) is 8.42 Å². The van der Waals surface area contributed by atoms with Crippen LogP contribution in [0.2, 0.25) is 0 Å². The van der Waals surface area contributed by atoms with Gasteiger partial charge in [-0.1, -0.05) is 42.5 Å². The number of hydrogen-bond donors (Lipinski definition) is 2. The van der Waals surface area contributed by atoms with Crippen molar-refractivity contribution in [3.63, 3.8) is 0 Å². The number of hydrogen-bond acceptors (Lipinski definition) is 7. The highest BCUT2D eigenvalue weighted by atomic mass is 32.2. The molecule has 10 nitrogen and oxygen atoms in total. The lowest BCUT2D eigenvalue weighted by atomic mass is 9.98. The van der Waals surface area contributed by atoms with Crippen LogP contribution in [0.15, 0.2) is 85.1 Å².